The molecule has 1 aromatic rings. The van der Waals surface area contributed by atoms with Crippen molar-refractivity contribution in [3.05, 3.63) is 15.9 Å². The van der Waals surface area contributed by atoms with Gasteiger partial charge in [0.2, 0.25) is 0 Å². The van der Waals surface area contributed by atoms with E-state index in [1.807, 2.05) is 11.6 Å². The molecule has 4 heteroatoms. The number of hydrogen-bond acceptors (Lipinski definition) is 2. The number of nitrogens with zero attached hydrogens (tertiary/aromatic N) is 2. The molecule has 0 amide bonds. The molecule has 1 aliphatic carbocycles. The van der Waals surface area contributed by atoms with E-state index in [-0.39, 0.29) is 5.54 Å². The maximum absolute atomic E-state index is 6.12. The van der Waals surface area contributed by atoms with Crippen LogP contribution in [0.25, 0.3) is 0 Å². The molecule has 1 aromatic heterocycles. The highest BCUT2D eigenvalue weighted by Crippen LogP contribution is 2.37. The van der Waals surface area contributed by atoms with Crippen molar-refractivity contribution in [2.75, 3.05) is 0 Å². The van der Waals surface area contributed by atoms with Gasteiger partial charge in [-0.15, -0.1) is 0 Å². The molecule has 0 aromatic carbocycles. The zero-order chi connectivity index (χ0) is 10.3. The highest BCUT2D eigenvalue weighted by atomic mass is 79.9. The van der Waals surface area contributed by atoms with Crippen molar-refractivity contribution in [2.45, 2.75) is 45.2 Å². The minimum Gasteiger partial charge on any atom is -0.325 e. The Morgan fingerprint density at radius 3 is 2.71 bits per heavy atom. The van der Waals surface area contributed by atoms with Gasteiger partial charge in [0.05, 0.1) is 15.9 Å². The van der Waals surface area contributed by atoms with Crippen LogP contribution in [0.1, 0.15) is 31.2 Å². The Kier molecular flexibility index (Phi) is 2.43. The van der Waals surface area contributed by atoms with E-state index >= 15 is 0 Å². The third-order valence-electron chi connectivity index (χ3n) is 2.86. The summed E-state index contributed by atoms with van der Waals surface area (Å²) in [6.07, 6.45) is 3.24. The van der Waals surface area contributed by atoms with E-state index in [0.29, 0.717) is 0 Å². The molecule has 1 fully saturated rings. The zero-order valence-electron chi connectivity index (χ0n) is 8.68. The summed E-state index contributed by atoms with van der Waals surface area (Å²) in [5.41, 5.74) is 8.49. The Labute approximate surface area is 92.8 Å². The highest BCUT2D eigenvalue weighted by molar-refractivity contribution is 9.10. The number of nitrogens with two attached hydrogens (primary N) is 1. The van der Waals surface area contributed by atoms with Gasteiger partial charge >= 0.3 is 0 Å². The van der Waals surface area contributed by atoms with E-state index in [1.54, 1.807) is 0 Å². The Morgan fingerprint density at radius 2 is 2.21 bits per heavy atom. The Bertz CT molecular complexity index is 352. The minimum atomic E-state index is 0.0575. The van der Waals surface area contributed by atoms with Crippen LogP contribution in [0, 0.1) is 6.92 Å². The minimum absolute atomic E-state index is 0.0575. The molecule has 2 N–H and O–H groups in total. The fourth-order valence-electron chi connectivity index (χ4n) is 1.71. The first-order valence-electron chi connectivity index (χ1n) is 5.06. The Hall–Kier alpha value is -0.350. The van der Waals surface area contributed by atoms with Crippen LogP contribution < -0.4 is 5.73 Å². The summed E-state index contributed by atoms with van der Waals surface area (Å²) in [5.74, 6) is 0. The average molecular weight is 258 g/mol. The Balaban J connectivity index is 2.30. The van der Waals surface area contributed by atoms with Crippen LogP contribution in [-0.4, -0.2) is 15.3 Å². The normalized spacial score (nSPS) is 18.6. The molecular weight excluding hydrogens is 242 g/mol. The molecule has 0 atom stereocenters. The molecule has 1 heterocycles. The molecule has 3 nitrogen and oxygen atoms in total. The van der Waals surface area contributed by atoms with Gasteiger partial charge in [0.15, 0.2) is 0 Å². The van der Waals surface area contributed by atoms with Crippen LogP contribution in [0.15, 0.2) is 4.47 Å². The summed E-state index contributed by atoms with van der Waals surface area (Å²) < 4.78 is 3.18. The van der Waals surface area contributed by atoms with Crippen molar-refractivity contribution >= 4 is 15.9 Å². The number of halogens is 1. The van der Waals surface area contributed by atoms with Crippen molar-refractivity contribution < 1.29 is 0 Å². The quantitative estimate of drug-likeness (QED) is 0.901. The number of hydrogen-bond donors (Lipinski definition) is 1. The predicted octanol–water partition coefficient (Wildman–Crippen LogP) is 2.01. The van der Waals surface area contributed by atoms with Gasteiger partial charge in [-0.05, 0) is 42.6 Å². The molecule has 1 saturated carbocycles. The molecule has 0 aliphatic heterocycles. The zero-order valence-corrected chi connectivity index (χ0v) is 10.3. The van der Waals surface area contributed by atoms with Crippen molar-refractivity contribution in [1.82, 2.24) is 9.78 Å². The lowest BCUT2D eigenvalue weighted by Gasteiger charge is -2.10. The van der Waals surface area contributed by atoms with Crippen molar-refractivity contribution in [1.29, 1.82) is 0 Å². The van der Waals surface area contributed by atoms with Gasteiger partial charge < -0.3 is 5.73 Å². The van der Waals surface area contributed by atoms with Crippen LogP contribution in [0.2, 0.25) is 0 Å². The van der Waals surface area contributed by atoms with E-state index in [1.165, 1.54) is 5.69 Å². The summed E-state index contributed by atoms with van der Waals surface area (Å²) in [6.45, 7) is 5.05. The lowest BCUT2D eigenvalue weighted by molar-refractivity contribution is 0.571. The summed E-state index contributed by atoms with van der Waals surface area (Å²) in [7, 11) is 0. The number of aryl methyl sites for hydroxylation is 2. The first kappa shape index (κ1) is 10.2. The van der Waals surface area contributed by atoms with E-state index in [2.05, 4.69) is 28.0 Å². The second kappa shape index (κ2) is 3.35. The molecular formula is C10H16BrN3. The van der Waals surface area contributed by atoms with E-state index in [4.69, 9.17) is 5.73 Å². The summed E-state index contributed by atoms with van der Waals surface area (Å²) >= 11 is 3.58. The van der Waals surface area contributed by atoms with Crippen LogP contribution in [0.5, 0.6) is 0 Å². The molecule has 0 unspecified atom stereocenters. The maximum Gasteiger partial charge on any atom is 0.0738 e. The summed E-state index contributed by atoms with van der Waals surface area (Å²) in [4.78, 5) is 0. The van der Waals surface area contributed by atoms with Gasteiger partial charge in [0, 0.05) is 18.5 Å². The van der Waals surface area contributed by atoms with Crippen LogP contribution in [0.3, 0.4) is 0 Å². The van der Waals surface area contributed by atoms with Gasteiger partial charge in [0.1, 0.15) is 0 Å². The largest absolute Gasteiger partial charge is 0.325 e. The summed E-state index contributed by atoms with van der Waals surface area (Å²) in [6, 6.07) is 0. The van der Waals surface area contributed by atoms with Crippen LogP contribution in [-0.2, 0) is 13.0 Å². The lowest BCUT2D eigenvalue weighted by atomic mass is 10.1. The van der Waals surface area contributed by atoms with Gasteiger partial charge in [-0.3, -0.25) is 4.68 Å². The molecule has 0 bridgehead atoms. The monoisotopic (exact) mass is 257 g/mol. The highest BCUT2D eigenvalue weighted by Gasteiger charge is 2.39. The number of aromatic nitrogens is 2. The third-order valence-corrected chi connectivity index (χ3v) is 3.90. The van der Waals surface area contributed by atoms with Gasteiger partial charge in [-0.2, -0.15) is 5.10 Å². The Morgan fingerprint density at radius 1 is 1.57 bits per heavy atom. The predicted molar refractivity (Wildman–Crippen MR) is 60.2 cm³/mol. The SMILES string of the molecule is CCn1nc(C)c(Br)c1CC1(N)CC1. The molecule has 0 saturated heterocycles. The second-order valence-corrected chi connectivity index (χ2v) is 4.99. The van der Waals surface area contributed by atoms with E-state index in [9.17, 15) is 0 Å². The first-order chi connectivity index (χ1) is 6.56. The molecule has 14 heavy (non-hydrogen) atoms. The van der Waals surface area contributed by atoms with Gasteiger partial charge in [0.25, 0.3) is 0 Å². The van der Waals surface area contributed by atoms with E-state index in [0.717, 1.165) is 36.0 Å². The average Bonchev–Trinajstić information content (AvgIpc) is 2.82. The summed E-state index contributed by atoms with van der Waals surface area (Å²) in [5, 5.41) is 4.45. The fraction of sp³-hybridized carbons (Fsp3) is 0.700. The second-order valence-electron chi connectivity index (χ2n) is 4.20. The van der Waals surface area contributed by atoms with Crippen LogP contribution in [0.4, 0.5) is 0 Å². The molecule has 1 aliphatic rings. The molecule has 78 valence electrons. The van der Waals surface area contributed by atoms with Crippen molar-refractivity contribution in [3.8, 4) is 0 Å². The molecule has 0 spiro atoms. The first-order valence-corrected chi connectivity index (χ1v) is 5.86. The fourth-order valence-corrected chi connectivity index (χ4v) is 2.13. The topological polar surface area (TPSA) is 43.8 Å². The van der Waals surface area contributed by atoms with Crippen LogP contribution >= 0.6 is 15.9 Å². The van der Waals surface area contributed by atoms with E-state index < -0.39 is 0 Å². The van der Waals surface area contributed by atoms with Crippen molar-refractivity contribution in [3.63, 3.8) is 0 Å². The van der Waals surface area contributed by atoms with Crippen molar-refractivity contribution in [2.24, 2.45) is 5.73 Å². The molecule has 2 rings (SSSR count). The van der Waals surface area contributed by atoms with Gasteiger partial charge in [-0.1, -0.05) is 0 Å². The maximum atomic E-state index is 6.12. The third kappa shape index (κ3) is 1.73. The smallest absolute Gasteiger partial charge is 0.0738 e. The van der Waals surface area contributed by atoms with Gasteiger partial charge in [-0.25, -0.2) is 0 Å². The number of rotatable bonds is 3. The lowest BCUT2D eigenvalue weighted by Crippen LogP contribution is -2.26. The molecule has 0 radical (unpaired) electrons. The standard InChI is InChI=1S/C10H16BrN3/c1-3-14-8(6-10(12)4-5-10)9(11)7(2)13-14/h3-6,12H2,1-2H3.